The van der Waals surface area contributed by atoms with Gasteiger partial charge in [-0.1, -0.05) is 12.1 Å². The van der Waals surface area contributed by atoms with Gasteiger partial charge in [0.05, 0.1) is 29.8 Å². The van der Waals surface area contributed by atoms with E-state index in [4.69, 9.17) is 9.15 Å². The summed E-state index contributed by atoms with van der Waals surface area (Å²) in [6, 6.07) is 9.98. The van der Waals surface area contributed by atoms with Crippen molar-refractivity contribution in [3.8, 4) is 5.75 Å². The average molecular weight is 381 g/mol. The monoisotopic (exact) mass is 381 g/mol. The number of carbonyl (C=O) groups excluding carboxylic acids is 1. The lowest BCUT2D eigenvalue weighted by Crippen LogP contribution is -2.36. The van der Waals surface area contributed by atoms with Crippen molar-refractivity contribution in [2.75, 3.05) is 13.1 Å². The summed E-state index contributed by atoms with van der Waals surface area (Å²) in [5, 5.41) is 0.485. The van der Waals surface area contributed by atoms with E-state index >= 15 is 0 Å². The number of aryl methyl sites for hydroxylation is 1. The van der Waals surface area contributed by atoms with Gasteiger partial charge in [-0.2, -0.15) is 0 Å². The van der Waals surface area contributed by atoms with Crippen molar-refractivity contribution >= 4 is 16.8 Å². The second-order valence-electron chi connectivity index (χ2n) is 6.79. The minimum Gasteiger partial charge on any atom is -0.488 e. The third kappa shape index (κ3) is 3.66. The Hall–Kier alpha value is -3.42. The molecule has 1 fully saturated rings. The third-order valence-corrected chi connectivity index (χ3v) is 4.70. The lowest BCUT2D eigenvalue weighted by molar-refractivity contribution is -0.131. The lowest BCUT2D eigenvalue weighted by Gasteiger charge is -2.18. The Kier molecular flexibility index (Phi) is 4.68. The molecule has 1 aromatic carbocycles. The van der Waals surface area contributed by atoms with Crippen LogP contribution in [-0.2, 0) is 11.3 Å². The Labute approximate surface area is 160 Å². The third-order valence-electron chi connectivity index (χ3n) is 4.70. The normalized spacial score (nSPS) is 16.5. The molecule has 8 nitrogen and oxygen atoms in total. The summed E-state index contributed by atoms with van der Waals surface area (Å²) in [6.45, 7) is 2.53. The fourth-order valence-electron chi connectivity index (χ4n) is 3.35. The molecule has 1 atom stereocenters. The Morgan fingerprint density at radius 3 is 2.93 bits per heavy atom. The van der Waals surface area contributed by atoms with Crippen LogP contribution in [0.15, 0.2) is 56.7 Å². The molecule has 1 aliphatic heterocycles. The molecule has 1 aliphatic rings. The van der Waals surface area contributed by atoms with E-state index in [0.29, 0.717) is 41.9 Å². The fourth-order valence-corrected chi connectivity index (χ4v) is 3.35. The first-order valence-electron chi connectivity index (χ1n) is 9.00. The minimum atomic E-state index is -0.468. The topological polar surface area (TPSA) is 94.6 Å². The molecule has 0 aliphatic carbocycles. The number of amides is 1. The van der Waals surface area contributed by atoms with E-state index in [9.17, 15) is 14.4 Å². The number of benzene rings is 1. The number of nitrogens with zero attached hydrogens (tertiary/aromatic N) is 3. The zero-order valence-corrected chi connectivity index (χ0v) is 15.3. The number of likely N-dealkylation sites (tertiary alicyclic amines) is 1. The van der Waals surface area contributed by atoms with Gasteiger partial charge in [0.25, 0.3) is 5.56 Å². The van der Waals surface area contributed by atoms with Crippen LogP contribution in [0.5, 0.6) is 5.75 Å². The quantitative estimate of drug-likeness (QED) is 0.677. The standard InChI is InChI=1S/C20H19N3O5/c1-13-8-15(9-19(25)27-13)28-14-6-7-22(10-14)18(24)11-23-12-21-17-5-3-2-4-16(17)20(23)26/h2-5,8-9,12,14H,6-7,10-11H2,1H3. The number of rotatable bonds is 4. The van der Waals surface area contributed by atoms with Crippen molar-refractivity contribution in [3.05, 3.63) is 69.3 Å². The maximum Gasteiger partial charge on any atom is 0.339 e. The summed E-state index contributed by atoms with van der Waals surface area (Å²) in [5.74, 6) is 0.730. The highest BCUT2D eigenvalue weighted by molar-refractivity contribution is 5.79. The van der Waals surface area contributed by atoms with Crippen LogP contribution in [0.25, 0.3) is 10.9 Å². The fraction of sp³-hybridized carbons (Fsp3) is 0.300. The molecule has 1 amide bonds. The predicted molar refractivity (Wildman–Crippen MR) is 101 cm³/mol. The smallest absolute Gasteiger partial charge is 0.339 e. The second kappa shape index (κ2) is 7.30. The highest BCUT2D eigenvalue weighted by atomic mass is 16.5. The molecule has 1 saturated heterocycles. The van der Waals surface area contributed by atoms with Gasteiger partial charge >= 0.3 is 5.63 Å². The van der Waals surface area contributed by atoms with Gasteiger partial charge in [0, 0.05) is 19.0 Å². The highest BCUT2D eigenvalue weighted by Crippen LogP contribution is 2.18. The first-order valence-corrected chi connectivity index (χ1v) is 9.00. The molecule has 28 heavy (non-hydrogen) atoms. The predicted octanol–water partition coefficient (Wildman–Crippen LogP) is 1.34. The molecule has 3 aromatic rings. The van der Waals surface area contributed by atoms with Crippen molar-refractivity contribution < 1.29 is 13.9 Å². The second-order valence-corrected chi connectivity index (χ2v) is 6.79. The molecule has 0 bridgehead atoms. The largest absolute Gasteiger partial charge is 0.488 e. The van der Waals surface area contributed by atoms with Crippen LogP contribution in [0.4, 0.5) is 0 Å². The zero-order chi connectivity index (χ0) is 19.7. The van der Waals surface area contributed by atoms with E-state index in [2.05, 4.69) is 4.98 Å². The summed E-state index contributed by atoms with van der Waals surface area (Å²) in [6.07, 6.45) is 1.84. The van der Waals surface area contributed by atoms with Gasteiger partial charge in [0.15, 0.2) is 0 Å². The molecule has 1 unspecified atom stereocenters. The Bertz CT molecular complexity index is 1150. The van der Waals surface area contributed by atoms with Crippen molar-refractivity contribution in [2.45, 2.75) is 26.0 Å². The number of hydrogen-bond acceptors (Lipinski definition) is 6. The van der Waals surface area contributed by atoms with Crippen LogP contribution in [0.1, 0.15) is 12.2 Å². The molecular formula is C20H19N3O5. The molecule has 0 radical (unpaired) electrons. The summed E-state index contributed by atoms with van der Waals surface area (Å²) >= 11 is 0. The van der Waals surface area contributed by atoms with Crippen LogP contribution >= 0.6 is 0 Å². The first kappa shape index (κ1) is 18.0. The highest BCUT2D eigenvalue weighted by Gasteiger charge is 2.28. The maximum absolute atomic E-state index is 12.6. The molecule has 4 rings (SSSR count). The van der Waals surface area contributed by atoms with Gasteiger partial charge in [-0.15, -0.1) is 0 Å². The maximum atomic E-state index is 12.6. The Morgan fingerprint density at radius 1 is 1.29 bits per heavy atom. The molecule has 0 spiro atoms. The van der Waals surface area contributed by atoms with Crippen molar-refractivity contribution in [1.29, 1.82) is 0 Å². The number of hydrogen-bond donors (Lipinski definition) is 0. The first-order chi connectivity index (χ1) is 13.5. The molecule has 3 heterocycles. The number of carbonyl (C=O) groups is 1. The van der Waals surface area contributed by atoms with E-state index in [-0.39, 0.29) is 24.1 Å². The van der Waals surface area contributed by atoms with Gasteiger partial charge in [-0.25, -0.2) is 9.78 Å². The van der Waals surface area contributed by atoms with E-state index < -0.39 is 5.63 Å². The van der Waals surface area contributed by atoms with Crippen molar-refractivity contribution in [1.82, 2.24) is 14.5 Å². The number of ether oxygens (including phenoxy) is 1. The molecule has 0 N–H and O–H groups in total. The van der Waals surface area contributed by atoms with Crippen molar-refractivity contribution in [3.63, 3.8) is 0 Å². The van der Waals surface area contributed by atoms with E-state index in [0.717, 1.165) is 0 Å². The van der Waals surface area contributed by atoms with Gasteiger partial charge in [0.2, 0.25) is 5.91 Å². The van der Waals surface area contributed by atoms with Crippen LogP contribution in [0, 0.1) is 6.92 Å². The summed E-state index contributed by atoms with van der Waals surface area (Å²) in [5.41, 5.74) is -0.102. The zero-order valence-electron chi connectivity index (χ0n) is 15.3. The summed E-state index contributed by atoms with van der Waals surface area (Å²) in [4.78, 5) is 42.5. The van der Waals surface area contributed by atoms with E-state index in [1.165, 1.54) is 17.0 Å². The molecule has 0 saturated carbocycles. The minimum absolute atomic E-state index is 0.0720. The van der Waals surface area contributed by atoms with Gasteiger partial charge in [-0.3, -0.25) is 14.2 Å². The van der Waals surface area contributed by atoms with Crippen LogP contribution in [0.2, 0.25) is 0 Å². The number of aromatic nitrogens is 2. The number of para-hydroxylation sites is 1. The van der Waals surface area contributed by atoms with Gasteiger partial charge in [-0.05, 0) is 19.1 Å². The number of fused-ring (bicyclic) bond motifs is 1. The van der Waals surface area contributed by atoms with Crippen LogP contribution < -0.4 is 15.9 Å². The van der Waals surface area contributed by atoms with Gasteiger partial charge < -0.3 is 14.1 Å². The van der Waals surface area contributed by atoms with Crippen LogP contribution in [-0.4, -0.2) is 39.6 Å². The Balaban J connectivity index is 1.43. The van der Waals surface area contributed by atoms with Crippen molar-refractivity contribution in [2.24, 2.45) is 0 Å². The summed E-state index contributed by atoms with van der Waals surface area (Å²) in [7, 11) is 0. The Morgan fingerprint density at radius 2 is 2.11 bits per heavy atom. The average Bonchev–Trinajstić information content (AvgIpc) is 3.12. The van der Waals surface area contributed by atoms with E-state index in [1.807, 2.05) is 6.07 Å². The molecule has 8 heteroatoms. The molecule has 2 aromatic heterocycles. The molecule has 144 valence electrons. The summed E-state index contributed by atoms with van der Waals surface area (Å²) < 4.78 is 12.0. The molecular weight excluding hydrogens is 362 g/mol. The van der Waals surface area contributed by atoms with Crippen LogP contribution in [0.3, 0.4) is 0 Å². The van der Waals surface area contributed by atoms with Gasteiger partial charge in [0.1, 0.15) is 24.2 Å². The van der Waals surface area contributed by atoms with E-state index in [1.54, 1.807) is 36.1 Å². The lowest BCUT2D eigenvalue weighted by atomic mass is 10.2. The SMILES string of the molecule is Cc1cc(OC2CCN(C(=O)Cn3cnc4ccccc4c3=O)C2)cc(=O)o1.